The Morgan fingerprint density at radius 2 is 1.91 bits per heavy atom. The number of nitrogens with one attached hydrogen (secondary N) is 1. The molecule has 23 heavy (non-hydrogen) atoms. The van der Waals surface area contributed by atoms with Crippen molar-refractivity contribution < 1.29 is 5.11 Å². The summed E-state index contributed by atoms with van der Waals surface area (Å²) in [5.41, 5.74) is 4.43. The van der Waals surface area contributed by atoms with Gasteiger partial charge >= 0.3 is 0 Å². The van der Waals surface area contributed by atoms with E-state index >= 15 is 0 Å². The standard InChI is InChI=1S/C19H21N3O/c1-14(20-12-16-7-6-10-18(23)11-16)19-13-21-22(15(19)2)17-8-4-3-5-9-17/h3-11,13-14,20,23H,12H2,1-2H3/t14-/m1/s1. The van der Waals surface area contributed by atoms with E-state index in [0.717, 1.165) is 16.9 Å². The van der Waals surface area contributed by atoms with Crippen LogP contribution in [0.15, 0.2) is 60.8 Å². The summed E-state index contributed by atoms with van der Waals surface area (Å²) in [5, 5.41) is 17.5. The van der Waals surface area contributed by atoms with Crippen LogP contribution in [0.2, 0.25) is 0 Å². The monoisotopic (exact) mass is 307 g/mol. The van der Waals surface area contributed by atoms with Crippen molar-refractivity contribution in [1.82, 2.24) is 15.1 Å². The summed E-state index contributed by atoms with van der Waals surface area (Å²) in [7, 11) is 0. The highest BCUT2D eigenvalue weighted by atomic mass is 16.3. The number of rotatable bonds is 5. The fourth-order valence-electron chi connectivity index (χ4n) is 2.72. The van der Waals surface area contributed by atoms with Crippen LogP contribution < -0.4 is 5.32 Å². The molecular weight excluding hydrogens is 286 g/mol. The molecule has 0 saturated heterocycles. The Morgan fingerprint density at radius 1 is 1.13 bits per heavy atom. The Balaban J connectivity index is 1.73. The Morgan fingerprint density at radius 3 is 2.65 bits per heavy atom. The molecule has 118 valence electrons. The number of phenols is 1. The predicted octanol–water partition coefficient (Wildman–Crippen LogP) is 3.74. The Bertz CT molecular complexity index is 780. The van der Waals surface area contributed by atoms with Crippen molar-refractivity contribution in [2.75, 3.05) is 0 Å². The quantitative estimate of drug-likeness (QED) is 0.755. The topological polar surface area (TPSA) is 50.1 Å². The summed E-state index contributed by atoms with van der Waals surface area (Å²) in [6.07, 6.45) is 1.92. The van der Waals surface area contributed by atoms with Gasteiger partial charge in [0.05, 0.1) is 11.9 Å². The third-order valence-corrected chi connectivity index (χ3v) is 4.04. The average molecular weight is 307 g/mol. The molecule has 0 aliphatic rings. The van der Waals surface area contributed by atoms with Gasteiger partial charge in [-0.15, -0.1) is 0 Å². The van der Waals surface area contributed by atoms with Gasteiger partial charge in [-0.3, -0.25) is 0 Å². The third kappa shape index (κ3) is 3.43. The van der Waals surface area contributed by atoms with Crippen LogP contribution in [0.1, 0.15) is 29.8 Å². The van der Waals surface area contributed by atoms with Crippen molar-refractivity contribution in [3.05, 3.63) is 77.6 Å². The number of hydrogen-bond acceptors (Lipinski definition) is 3. The van der Waals surface area contributed by atoms with Crippen LogP contribution in [0.3, 0.4) is 0 Å². The summed E-state index contributed by atoms with van der Waals surface area (Å²) in [6, 6.07) is 17.6. The van der Waals surface area contributed by atoms with Gasteiger partial charge in [-0.1, -0.05) is 30.3 Å². The van der Waals surface area contributed by atoms with Crippen LogP contribution in [0, 0.1) is 6.92 Å². The van der Waals surface area contributed by atoms with Crippen LogP contribution >= 0.6 is 0 Å². The summed E-state index contributed by atoms with van der Waals surface area (Å²) < 4.78 is 1.96. The van der Waals surface area contributed by atoms with E-state index in [1.54, 1.807) is 12.1 Å². The van der Waals surface area contributed by atoms with Crippen molar-refractivity contribution in [1.29, 1.82) is 0 Å². The molecule has 4 nitrogen and oxygen atoms in total. The number of para-hydroxylation sites is 1. The maximum Gasteiger partial charge on any atom is 0.115 e. The molecule has 0 bridgehead atoms. The molecule has 0 radical (unpaired) electrons. The van der Waals surface area contributed by atoms with Crippen LogP contribution in [-0.4, -0.2) is 14.9 Å². The lowest BCUT2D eigenvalue weighted by Crippen LogP contribution is -2.18. The van der Waals surface area contributed by atoms with Gasteiger partial charge < -0.3 is 10.4 Å². The minimum Gasteiger partial charge on any atom is -0.508 e. The molecule has 1 heterocycles. The zero-order chi connectivity index (χ0) is 16.2. The molecule has 4 heteroatoms. The first-order chi connectivity index (χ1) is 11.1. The van der Waals surface area contributed by atoms with E-state index in [-0.39, 0.29) is 6.04 Å². The first-order valence-electron chi connectivity index (χ1n) is 7.76. The maximum absolute atomic E-state index is 9.53. The summed E-state index contributed by atoms with van der Waals surface area (Å²) >= 11 is 0. The third-order valence-electron chi connectivity index (χ3n) is 4.04. The maximum atomic E-state index is 9.53. The SMILES string of the molecule is Cc1c([C@@H](C)NCc2cccc(O)c2)cnn1-c1ccccc1. The highest BCUT2D eigenvalue weighted by Gasteiger charge is 2.13. The largest absolute Gasteiger partial charge is 0.508 e. The van der Waals surface area contributed by atoms with Gasteiger partial charge in [0.15, 0.2) is 0 Å². The number of benzene rings is 2. The second-order valence-electron chi connectivity index (χ2n) is 5.71. The van der Waals surface area contributed by atoms with E-state index in [4.69, 9.17) is 0 Å². The molecule has 0 saturated carbocycles. The van der Waals surface area contributed by atoms with Crippen molar-refractivity contribution in [2.45, 2.75) is 26.4 Å². The van der Waals surface area contributed by atoms with Gasteiger partial charge in [0, 0.05) is 23.8 Å². The van der Waals surface area contributed by atoms with Crippen molar-refractivity contribution in [2.24, 2.45) is 0 Å². The van der Waals surface area contributed by atoms with Gasteiger partial charge in [-0.25, -0.2) is 4.68 Å². The summed E-state index contributed by atoms with van der Waals surface area (Å²) in [5.74, 6) is 0.296. The molecule has 0 unspecified atom stereocenters. The molecule has 3 aromatic rings. The Kier molecular flexibility index (Phi) is 4.44. The van der Waals surface area contributed by atoms with E-state index < -0.39 is 0 Å². The van der Waals surface area contributed by atoms with E-state index in [0.29, 0.717) is 12.3 Å². The molecule has 3 rings (SSSR count). The first kappa shape index (κ1) is 15.3. The second kappa shape index (κ2) is 6.67. The number of aromatic nitrogens is 2. The van der Waals surface area contributed by atoms with Gasteiger partial charge in [-0.2, -0.15) is 5.10 Å². The second-order valence-corrected chi connectivity index (χ2v) is 5.71. The first-order valence-corrected chi connectivity index (χ1v) is 7.76. The molecule has 1 aromatic heterocycles. The van der Waals surface area contributed by atoms with E-state index in [1.165, 1.54) is 5.56 Å². The fourth-order valence-corrected chi connectivity index (χ4v) is 2.72. The molecular formula is C19H21N3O. The molecule has 0 amide bonds. The normalized spacial score (nSPS) is 12.3. The fraction of sp³-hybridized carbons (Fsp3) is 0.211. The summed E-state index contributed by atoms with van der Waals surface area (Å²) in [4.78, 5) is 0. The molecule has 0 aliphatic carbocycles. The smallest absolute Gasteiger partial charge is 0.115 e. The molecule has 2 N–H and O–H groups in total. The van der Waals surface area contributed by atoms with E-state index in [1.807, 2.05) is 41.2 Å². The van der Waals surface area contributed by atoms with Gasteiger partial charge in [0.2, 0.25) is 0 Å². The Hall–Kier alpha value is -2.59. The zero-order valence-electron chi connectivity index (χ0n) is 13.4. The lowest BCUT2D eigenvalue weighted by atomic mass is 10.1. The van der Waals surface area contributed by atoms with Crippen LogP contribution in [0.4, 0.5) is 0 Å². The van der Waals surface area contributed by atoms with Gasteiger partial charge in [0.25, 0.3) is 0 Å². The van der Waals surface area contributed by atoms with E-state index in [2.05, 4.69) is 36.4 Å². The lowest BCUT2D eigenvalue weighted by molar-refractivity contribution is 0.473. The van der Waals surface area contributed by atoms with E-state index in [9.17, 15) is 5.11 Å². The van der Waals surface area contributed by atoms with Crippen molar-refractivity contribution >= 4 is 0 Å². The average Bonchev–Trinajstić information content (AvgIpc) is 2.95. The molecule has 0 aliphatic heterocycles. The zero-order valence-corrected chi connectivity index (χ0v) is 13.4. The van der Waals surface area contributed by atoms with Crippen LogP contribution in [0.5, 0.6) is 5.75 Å². The minimum absolute atomic E-state index is 0.176. The molecule has 1 atom stereocenters. The molecule has 0 fully saturated rings. The van der Waals surface area contributed by atoms with Crippen LogP contribution in [0.25, 0.3) is 5.69 Å². The molecule has 2 aromatic carbocycles. The van der Waals surface area contributed by atoms with Crippen molar-refractivity contribution in [3.63, 3.8) is 0 Å². The number of phenolic OH excluding ortho intramolecular Hbond substituents is 1. The van der Waals surface area contributed by atoms with Gasteiger partial charge in [0.1, 0.15) is 5.75 Å². The summed E-state index contributed by atoms with van der Waals surface area (Å²) in [6.45, 7) is 4.91. The number of hydrogen-bond donors (Lipinski definition) is 2. The molecule has 0 spiro atoms. The highest BCUT2D eigenvalue weighted by Crippen LogP contribution is 2.20. The van der Waals surface area contributed by atoms with Crippen molar-refractivity contribution in [3.8, 4) is 11.4 Å². The number of aromatic hydroxyl groups is 1. The van der Waals surface area contributed by atoms with Crippen LogP contribution in [-0.2, 0) is 6.54 Å². The van der Waals surface area contributed by atoms with Gasteiger partial charge in [-0.05, 0) is 43.7 Å². The lowest BCUT2D eigenvalue weighted by Gasteiger charge is -2.14. The minimum atomic E-state index is 0.176. The highest BCUT2D eigenvalue weighted by molar-refractivity contribution is 5.35. The number of nitrogens with zero attached hydrogens (tertiary/aromatic N) is 2. The predicted molar refractivity (Wildman–Crippen MR) is 91.7 cm³/mol. The Labute approximate surface area is 136 Å².